The number of benzene rings is 2. The molecule has 0 saturated heterocycles. The van der Waals surface area contributed by atoms with E-state index >= 15 is 0 Å². The van der Waals surface area contributed by atoms with E-state index < -0.39 is 17.4 Å². The first-order chi connectivity index (χ1) is 11.5. The van der Waals surface area contributed by atoms with Crippen LogP contribution in [0.4, 0.5) is 0 Å². The van der Waals surface area contributed by atoms with Gasteiger partial charge in [-0.2, -0.15) is 5.10 Å². The number of phenols is 2. The van der Waals surface area contributed by atoms with Gasteiger partial charge in [0.15, 0.2) is 5.78 Å². The maximum absolute atomic E-state index is 12.5. The summed E-state index contributed by atoms with van der Waals surface area (Å²) in [5.74, 6) is -1.84. The molecule has 2 aromatic carbocycles. The molecular formula is C18H18N2O4. The first-order valence-corrected chi connectivity index (χ1v) is 7.43. The molecule has 3 N–H and O–H groups in total. The zero-order valence-corrected chi connectivity index (χ0v) is 13.4. The van der Waals surface area contributed by atoms with Gasteiger partial charge >= 0.3 is 0 Å². The number of nitrogens with one attached hydrogen (secondary N) is 1. The number of carbonyl (C=O) groups excluding carboxylic acids is 2. The van der Waals surface area contributed by atoms with Crippen molar-refractivity contribution in [3.8, 4) is 11.5 Å². The van der Waals surface area contributed by atoms with Crippen molar-refractivity contribution in [2.45, 2.75) is 20.3 Å². The Labute approximate surface area is 139 Å². The average Bonchev–Trinajstić information content (AvgIpc) is 2.59. The topological polar surface area (TPSA) is 99.0 Å². The lowest BCUT2D eigenvalue weighted by molar-refractivity contribution is 0.0952. The Morgan fingerprint density at radius 2 is 1.62 bits per heavy atom. The summed E-state index contributed by atoms with van der Waals surface area (Å²) in [7, 11) is 0. The number of hydrazone groups is 1. The highest BCUT2D eigenvalue weighted by atomic mass is 16.3. The fourth-order valence-corrected chi connectivity index (χ4v) is 2.01. The molecule has 6 nitrogen and oxygen atoms in total. The van der Waals surface area contributed by atoms with Crippen LogP contribution in [-0.4, -0.2) is 27.6 Å². The lowest BCUT2D eigenvalue weighted by atomic mass is 9.99. The van der Waals surface area contributed by atoms with Crippen molar-refractivity contribution in [2.24, 2.45) is 5.10 Å². The Balaban J connectivity index is 2.36. The Hall–Kier alpha value is -3.15. The number of para-hydroxylation sites is 2. The lowest BCUT2D eigenvalue weighted by Gasteiger charge is -2.09. The molecule has 0 unspecified atom stereocenters. The molecule has 0 fully saturated rings. The minimum absolute atomic E-state index is 0.0465. The van der Waals surface area contributed by atoms with Crippen molar-refractivity contribution >= 4 is 17.4 Å². The molecule has 2 aromatic rings. The Kier molecular flexibility index (Phi) is 5.31. The van der Waals surface area contributed by atoms with Crippen LogP contribution in [0.5, 0.6) is 11.5 Å². The molecule has 0 aliphatic carbocycles. The van der Waals surface area contributed by atoms with E-state index in [1.807, 2.05) is 6.92 Å². The summed E-state index contributed by atoms with van der Waals surface area (Å²) in [6, 6.07) is 10.3. The van der Waals surface area contributed by atoms with Crippen molar-refractivity contribution in [3.05, 3.63) is 59.2 Å². The highest BCUT2D eigenvalue weighted by molar-refractivity contribution is 6.14. The molecule has 0 saturated carbocycles. The SMILES string of the molecule is CC/C(C)=N/NC(=O)c1cccc(C(=O)c2ccccc2O)c1O. The van der Waals surface area contributed by atoms with Crippen LogP contribution in [0, 0.1) is 0 Å². The van der Waals surface area contributed by atoms with Crippen molar-refractivity contribution in [1.29, 1.82) is 0 Å². The minimum atomic E-state index is -0.618. The van der Waals surface area contributed by atoms with E-state index in [9.17, 15) is 19.8 Å². The molecule has 0 aliphatic heterocycles. The van der Waals surface area contributed by atoms with E-state index in [-0.39, 0.29) is 22.4 Å². The molecule has 0 atom stereocenters. The van der Waals surface area contributed by atoms with Gasteiger partial charge in [-0.15, -0.1) is 0 Å². The fraction of sp³-hybridized carbons (Fsp3) is 0.167. The van der Waals surface area contributed by atoms with Gasteiger partial charge in [0.1, 0.15) is 11.5 Å². The van der Waals surface area contributed by atoms with Crippen molar-refractivity contribution in [2.75, 3.05) is 0 Å². The van der Waals surface area contributed by atoms with Gasteiger partial charge in [0.2, 0.25) is 0 Å². The third kappa shape index (κ3) is 3.60. The van der Waals surface area contributed by atoms with E-state index in [0.29, 0.717) is 6.42 Å². The summed E-state index contributed by atoms with van der Waals surface area (Å²) in [5, 5.41) is 24.0. The van der Waals surface area contributed by atoms with Crippen LogP contribution in [0.25, 0.3) is 0 Å². The standard InChI is InChI=1S/C18H18N2O4/c1-3-11(2)19-20-18(24)14-9-6-8-13(17(14)23)16(22)12-7-4-5-10-15(12)21/h4-10,21,23H,3H2,1-2H3,(H,20,24)/b19-11+. The minimum Gasteiger partial charge on any atom is -0.507 e. The average molecular weight is 326 g/mol. The smallest absolute Gasteiger partial charge is 0.275 e. The predicted molar refractivity (Wildman–Crippen MR) is 90.5 cm³/mol. The Morgan fingerprint density at radius 3 is 2.29 bits per heavy atom. The zero-order valence-electron chi connectivity index (χ0n) is 13.4. The molecule has 124 valence electrons. The van der Waals surface area contributed by atoms with Gasteiger partial charge in [0, 0.05) is 5.71 Å². The van der Waals surface area contributed by atoms with Crippen molar-refractivity contribution in [1.82, 2.24) is 5.43 Å². The summed E-state index contributed by atoms with van der Waals surface area (Å²) in [6.07, 6.45) is 0.679. The van der Waals surface area contributed by atoms with Gasteiger partial charge in [0.25, 0.3) is 5.91 Å². The first kappa shape index (κ1) is 17.2. The molecule has 2 rings (SSSR count). The summed E-state index contributed by atoms with van der Waals surface area (Å²) < 4.78 is 0. The number of hydrogen-bond donors (Lipinski definition) is 3. The molecule has 1 amide bonds. The van der Waals surface area contributed by atoms with Crippen LogP contribution < -0.4 is 5.43 Å². The van der Waals surface area contributed by atoms with Gasteiger partial charge in [-0.25, -0.2) is 5.43 Å². The maximum Gasteiger partial charge on any atom is 0.275 e. The summed E-state index contributed by atoms with van der Waals surface area (Å²) in [5.41, 5.74) is 2.97. The van der Waals surface area contributed by atoms with Gasteiger partial charge in [-0.1, -0.05) is 25.1 Å². The lowest BCUT2D eigenvalue weighted by Crippen LogP contribution is -2.19. The van der Waals surface area contributed by atoms with Crippen LogP contribution in [0.3, 0.4) is 0 Å². The van der Waals surface area contributed by atoms with Gasteiger partial charge in [0.05, 0.1) is 16.7 Å². The van der Waals surface area contributed by atoms with Crippen LogP contribution in [-0.2, 0) is 0 Å². The van der Waals surface area contributed by atoms with E-state index in [1.54, 1.807) is 19.1 Å². The van der Waals surface area contributed by atoms with Gasteiger partial charge in [-0.3, -0.25) is 9.59 Å². The number of hydrogen-bond acceptors (Lipinski definition) is 5. The highest BCUT2D eigenvalue weighted by Crippen LogP contribution is 2.27. The number of ketones is 1. The van der Waals surface area contributed by atoms with Gasteiger partial charge in [-0.05, 0) is 37.6 Å². The molecule has 0 aromatic heterocycles. The third-order valence-electron chi connectivity index (χ3n) is 3.53. The number of carbonyl (C=O) groups is 2. The second-order valence-corrected chi connectivity index (χ2v) is 5.19. The number of nitrogens with zero attached hydrogens (tertiary/aromatic N) is 1. The van der Waals surface area contributed by atoms with E-state index in [0.717, 1.165) is 5.71 Å². The van der Waals surface area contributed by atoms with E-state index in [4.69, 9.17) is 0 Å². The number of aromatic hydroxyl groups is 2. The second kappa shape index (κ2) is 7.41. The van der Waals surface area contributed by atoms with Crippen molar-refractivity contribution < 1.29 is 19.8 Å². The quantitative estimate of drug-likeness (QED) is 0.447. The van der Waals surface area contributed by atoms with E-state index in [1.165, 1.54) is 30.3 Å². The van der Waals surface area contributed by atoms with Crippen LogP contribution in [0.2, 0.25) is 0 Å². The molecular weight excluding hydrogens is 308 g/mol. The second-order valence-electron chi connectivity index (χ2n) is 5.19. The molecule has 24 heavy (non-hydrogen) atoms. The molecule has 0 aliphatic rings. The summed E-state index contributed by atoms with van der Waals surface area (Å²) in [6.45, 7) is 3.66. The number of phenolic OH excluding ortho intramolecular Hbond substituents is 2. The molecule has 0 bridgehead atoms. The van der Waals surface area contributed by atoms with E-state index in [2.05, 4.69) is 10.5 Å². The fourth-order valence-electron chi connectivity index (χ4n) is 2.01. The molecule has 6 heteroatoms. The Morgan fingerprint density at radius 1 is 1.00 bits per heavy atom. The first-order valence-electron chi connectivity index (χ1n) is 7.43. The van der Waals surface area contributed by atoms with Crippen LogP contribution in [0.1, 0.15) is 46.5 Å². The molecule has 0 heterocycles. The highest BCUT2D eigenvalue weighted by Gasteiger charge is 2.21. The predicted octanol–water partition coefficient (Wildman–Crippen LogP) is 2.84. The number of amides is 1. The zero-order chi connectivity index (χ0) is 17.7. The number of rotatable bonds is 5. The third-order valence-corrected chi connectivity index (χ3v) is 3.53. The molecule has 0 spiro atoms. The Bertz CT molecular complexity index is 812. The van der Waals surface area contributed by atoms with Crippen LogP contribution in [0.15, 0.2) is 47.6 Å². The van der Waals surface area contributed by atoms with Crippen LogP contribution >= 0.6 is 0 Å². The normalized spacial score (nSPS) is 11.2. The summed E-state index contributed by atoms with van der Waals surface area (Å²) in [4.78, 5) is 24.6. The maximum atomic E-state index is 12.5. The van der Waals surface area contributed by atoms with Crippen molar-refractivity contribution in [3.63, 3.8) is 0 Å². The monoisotopic (exact) mass is 326 g/mol. The largest absolute Gasteiger partial charge is 0.507 e. The summed E-state index contributed by atoms with van der Waals surface area (Å²) >= 11 is 0. The molecule has 0 radical (unpaired) electrons. The van der Waals surface area contributed by atoms with Gasteiger partial charge < -0.3 is 10.2 Å².